The zero-order chi connectivity index (χ0) is 18.6. The maximum Gasteiger partial charge on any atom is 0.276 e. The second-order valence-electron chi connectivity index (χ2n) is 7.42. The lowest BCUT2D eigenvalue weighted by Gasteiger charge is -2.24. The van der Waals surface area contributed by atoms with Crippen LogP contribution in [0.4, 0.5) is 5.69 Å². The maximum absolute atomic E-state index is 13.1. The van der Waals surface area contributed by atoms with Crippen molar-refractivity contribution in [3.8, 4) is 0 Å². The van der Waals surface area contributed by atoms with E-state index in [0.29, 0.717) is 18.3 Å². The van der Waals surface area contributed by atoms with Gasteiger partial charge in [-0.2, -0.15) is 0 Å². The molecule has 1 aromatic heterocycles. The van der Waals surface area contributed by atoms with Crippen LogP contribution >= 0.6 is 0 Å². The second-order valence-corrected chi connectivity index (χ2v) is 7.42. The SMILES string of the molecule is Cc1c(C(=O)N2CCCN(c3ccccc3)CC2)nnn1C1CCNCC1. The average molecular weight is 368 g/mol. The van der Waals surface area contributed by atoms with Gasteiger partial charge in [0.05, 0.1) is 11.7 Å². The van der Waals surface area contributed by atoms with Crippen molar-refractivity contribution in [3.63, 3.8) is 0 Å². The highest BCUT2D eigenvalue weighted by Gasteiger charge is 2.27. The maximum atomic E-state index is 13.1. The molecule has 0 spiro atoms. The molecule has 1 N–H and O–H groups in total. The van der Waals surface area contributed by atoms with Crippen LogP contribution < -0.4 is 10.2 Å². The van der Waals surface area contributed by atoms with Crippen molar-refractivity contribution in [1.29, 1.82) is 0 Å². The molecule has 7 nitrogen and oxygen atoms in total. The topological polar surface area (TPSA) is 66.3 Å². The molecule has 0 atom stereocenters. The van der Waals surface area contributed by atoms with Crippen molar-refractivity contribution in [2.24, 2.45) is 0 Å². The number of amides is 1. The predicted octanol–water partition coefficient (Wildman–Crippen LogP) is 1.86. The summed E-state index contributed by atoms with van der Waals surface area (Å²) >= 11 is 0. The molecule has 1 aromatic carbocycles. The average Bonchev–Trinajstić information content (AvgIpc) is 2.94. The van der Waals surface area contributed by atoms with Crippen LogP contribution in [-0.2, 0) is 0 Å². The summed E-state index contributed by atoms with van der Waals surface area (Å²) in [5.41, 5.74) is 2.64. The van der Waals surface area contributed by atoms with E-state index in [-0.39, 0.29) is 5.91 Å². The highest BCUT2D eigenvalue weighted by atomic mass is 16.2. The Morgan fingerprint density at radius 2 is 1.85 bits per heavy atom. The summed E-state index contributed by atoms with van der Waals surface area (Å²) in [4.78, 5) is 17.4. The van der Waals surface area contributed by atoms with Gasteiger partial charge in [0.1, 0.15) is 0 Å². The zero-order valence-corrected chi connectivity index (χ0v) is 16.0. The van der Waals surface area contributed by atoms with E-state index < -0.39 is 0 Å². The molecule has 2 saturated heterocycles. The lowest BCUT2D eigenvalue weighted by atomic mass is 10.1. The summed E-state index contributed by atoms with van der Waals surface area (Å²) in [6.45, 7) is 7.26. The fourth-order valence-corrected chi connectivity index (χ4v) is 4.10. The van der Waals surface area contributed by atoms with E-state index in [9.17, 15) is 4.79 Å². The minimum absolute atomic E-state index is 0.0163. The molecular formula is C20H28N6O. The Bertz CT molecular complexity index is 768. The number of aromatic nitrogens is 3. The number of rotatable bonds is 3. The number of carbonyl (C=O) groups excluding carboxylic acids is 1. The Morgan fingerprint density at radius 3 is 2.63 bits per heavy atom. The Morgan fingerprint density at radius 1 is 1.07 bits per heavy atom. The lowest BCUT2D eigenvalue weighted by Crippen LogP contribution is -2.36. The molecule has 2 aromatic rings. The minimum Gasteiger partial charge on any atom is -0.370 e. The molecule has 1 amide bonds. The number of nitrogens with zero attached hydrogens (tertiary/aromatic N) is 5. The van der Waals surface area contributed by atoms with Crippen LogP contribution in [-0.4, -0.2) is 65.1 Å². The molecule has 4 rings (SSSR count). The van der Waals surface area contributed by atoms with Gasteiger partial charge in [0.25, 0.3) is 5.91 Å². The van der Waals surface area contributed by atoms with E-state index in [0.717, 1.165) is 57.7 Å². The van der Waals surface area contributed by atoms with Gasteiger partial charge in [0.2, 0.25) is 0 Å². The number of piperidine rings is 1. The van der Waals surface area contributed by atoms with Gasteiger partial charge in [-0.25, -0.2) is 4.68 Å². The van der Waals surface area contributed by atoms with Crippen molar-refractivity contribution in [3.05, 3.63) is 41.7 Å². The van der Waals surface area contributed by atoms with Gasteiger partial charge >= 0.3 is 0 Å². The van der Waals surface area contributed by atoms with Gasteiger partial charge in [-0.3, -0.25) is 4.79 Å². The molecule has 7 heteroatoms. The third-order valence-corrected chi connectivity index (χ3v) is 5.69. The standard InChI is InChI=1S/C20H28N6O/c1-16-19(22-23-26(16)18-8-10-21-11-9-18)20(27)25-13-5-12-24(14-15-25)17-6-3-2-4-7-17/h2-4,6-7,18,21H,5,8-15H2,1H3. The molecule has 144 valence electrons. The highest BCUT2D eigenvalue weighted by molar-refractivity contribution is 5.93. The van der Waals surface area contributed by atoms with Crippen LogP contribution in [0, 0.1) is 6.92 Å². The summed E-state index contributed by atoms with van der Waals surface area (Å²) in [5.74, 6) is 0.0163. The van der Waals surface area contributed by atoms with Crippen molar-refractivity contribution in [2.75, 3.05) is 44.2 Å². The van der Waals surface area contributed by atoms with Gasteiger partial charge in [-0.15, -0.1) is 5.10 Å². The molecule has 3 heterocycles. The smallest absolute Gasteiger partial charge is 0.276 e. The van der Waals surface area contributed by atoms with E-state index in [1.54, 1.807) is 0 Å². The Hall–Kier alpha value is -2.41. The van der Waals surface area contributed by atoms with Crippen LogP contribution in [0.15, 0.2) is 30.3 Å². The summed E-state index contributed by atoms with van der Waals surface area (Å²) in [5, 5.41) is 12.0. The molecule has 0 bridgehead atoms. The van der Waals surface area contributed by atoms with E-state index in [1.165, 1.54) is 5.69 Å². The third-order valence-electron chi connectivity index (χ3n) is 5.69. The fraction of sp³-hybridized carbons (Fsp3) is 0.550. The van der Waals surface area contributed by atoms with Crippen molar-refractivity contribution >= 4 is 11.6 Å². The van der Waals surface area contributed by atoms with E-state index in [1.807, 2.05) is 22.6 Å². The monoisotopic (exact) mass is 368 g/mol. The van der Waals surface area contributed by atoms with E-state index >= 15 is 0 Å². The van der Waals surface area contributed by atoms with Gasteiger partial charge in [0, 0.05) is 31.9 Å². The van der Waals surface area contributed by atoms with Crippen molar-refractivity contribution in [2.45, 2.75) is 32.2 Å². The van der Waals surface area contributed by atoms with Crippen LogP contribution in [0.2, 0.25) is 0 Å². The highest BCUT2D eigenvalue weighted by Crippen LogP contribution is 2.22. The molecule has 2 fully saturated rings. The zero-order valence-electron chi connectivity index (χ0n) is 16.0. The molecule has 2 aliphatic heterocycles. The molecule has 0 aliphatic carbocycles. The molecule has 0 saturated carbocycles. The summed E-state index contributed by atoms with van der Waals surface area (Å²) < 4.78 is 1.96. The summed E-state index contributed by atoms with van der Waals surface area (Å²) in [6.07, 6.45) is 3.03. The van der Waals surface area contributed by atoms with Crippen molar-refractivity contribution < 1.29 is 4.79 Å². The summed E-state index contributed by atoms with van der Waals surface area (Å²) in [6, 6.07) is 10.8. The number of anilines is 1. The first-order valence-corrected chi connectivity index (χ1v) is 9.96. The Labute approximate surface area is 160 Å². The Balaban J connectivity index is 1.44. The fourth-order valence-electron chi connectivity index (χ4n) is 4.10. The largest absolute Gasteiger partial charge is 0.370 e. The number of carbonyl (C=O) groups is 1. The third kappa shape index (κ3) is 3.83. The second kappa shape index (κ2) is 8.08. The normalized spacial score (nSPS) is 19.1. The number of benzene rings is 1. The van der Waals surface area contributed by atoms with Crippen LogP contribution in [0.3, 0.4) is 0 Å². The molecule has 2 aliphatic rings. The number of nitrogens with one attached hydrogen (secondary N) is 1. The minimum atomic E-state index is 0.0163. The molecule has 0 unspecified atom stereocenters. The lowest BCUT2D eigenvalue weighted by molar-refractivity contribution is 0.0760. The number of para-hydroxylation sites is 1. The molecule has 0 radical (unpaired) electrons. The first-order valence-electron chi connectivity index (χ1n) is 9.96. The quantitative estimate of drug-likeness (QED) is 0.896. The Kier molecular flexibility index (Phi) is 5.38. The van der Waals surface area contributed by atoms with Gasteiger partial charge in [-0.05, 0) is 51.4 Å². The van der Waals surface area contributed by atoms with Crippen LogP contribution in [0.25, 0.3) is 0 Å². The van der Waals surface area contributed by atoms with Gasteiger partial charge in [-0.1, -0.05) is 23.4 Å². The van der Waals surface area contributed by atoms with E-state index in [4.69, 9.17) is 0 Å². The first kappa shape index (κ1) is 18.0. The summed E-state index contributed by atoms with van der Waals surface area (Å²) in [7, 11) is 0. The number of hydrogen-bond donors (Lipinski definition) is 1. The van der Waals surface area contributed by atoms with Crippen molar-refractivity contribution in [1.82, 2.24) is 25.2 Å². The van der Waals surface area contributed by atoms with Gasteiger partial charge in [0.15, 0.2) is 5.69 Å². The van der Waals surface area contributed by atoms with E-state index in [2.05, 4.69) is 44.8 Å². The van der Waals surface area contributed by atoms with Gasteiger partial charge < -0.3 is 15.1 Å². The molecular weight excluding hydrogens is 340 g/mol. The predicted molar refractivity (Wildman–Crippen MR) is 105 cm³/mol. The first-order chi connectivity index (χ1) is 13.2. The number of hydrogen-bond acceptors (Lipinski definition) is 5. The molecule has 27 heavy (non-hydrogen) atoms. The van der Waals surface area contributed by atoms with Crippen LogP contribution in [0.5, 0.6) is 0 Å². The van der Waals surface area contributed by atoms with Crippen LogP contribution in [0.1, 0.15) is 41.5 Å².